The van der Waals surface area contributed by atoms with Crippen molar-refractivity contribution in [3.63, 3.8) is 0 Å². The summed E-state index contributed by atoms with van der Waals surface area (Å²) in [6.07, 6.45) is 10.8. The van der Waals surface area contributed by atoms with Crippen LogP contribution in [0, 0.1) is 0 Å². The van der Waals surface area contributed by atoms with Crippen LogP contribution in [0.15, 0.2) is 23.0 Å². The first-order valence-corrected chi connectivity index (χ1v) is 7.55. The Bertz CT molecular complexity index is 586. The van der Waals surface area contributed by atoms with Crippen molar-refractivity contribution < 1.29 is 0 Å². The fraction of sp³-hybridized carbons (Fsp3) is 0.562. The summed E-state index contributed by atoms with van der Waals surface area (Å²) in [5.41, 5.74) is 3.14. The largest absolute Gasteiger partial charge is 0.323 e. The number of aromatic nitrogens is 2. The van der Waals surface area contributed by atoms with Crippen molar-refractivity contribution in [3.05, 3.63) is 34.2 Å². The SMILES string of the molecule is O=c1[nH]c2ccc(C3CCCCCCCC3)cc2[nH]1. The highest BCUT2D eigenvalue weighted by Gasteiger charge is 2.13. The lowest BCUT2D eigenvalue weighted by molar-refractivity contribution is 0.540. The Labute approximate surface area is 113 Å². The van der Waals surface area contributed by atoms with Crippen molar-refractivity contribution >= 4 is 11.0 Å². The third kappa shape index (κ3) is 2.91. The number of rotatable bonds is 1. The van der Waals surface area contributed by atoms with E-state index in [-0.39, 0.29) is 5.69 Å². The van der Waals surface area contributed by atoms with Crippen LogP contribution < -0.4 is 5.69 Å². The molecule has 2 aromatic rings. The Morgan fingerprint density at radius 1 is 0.842 bits per heavy atom. The molecule has 3 nitrogen and oxygen atoms in total. The molecule has 1 heterocycles. The van der Waals surface area contributed by atoms with Crippen molar-refractivity contribution in [2.24, 2.45) is 0 Å². The van der Waals surface area contributed by atoms with Crippen LogP contribution in [-0.2, 0) is 0 Å². The number of hydrogen-bond donors (Lipinski definition) is 2. The molecule has 2 N–H and O–H groups in total. The molecule has 1 fully saturated rings. The number of nitrogens with one attached hydrogen (secondary N) is 2. The van der Waals surface area contributed by atoms with Crippen molar-refractivity contribution in [1.82, 2.24) is 9.97 Å². The average Bonchev–Trinajstić information content (AvgIpc) is 2.82. The highest BCUT2D eigenvalue weighted by Crippen LogP contribution is 2.31. The molecule has 3 rings (SSSR count). The zero-order chi connectivity index (χ0) is 13.1. The molecule has 1 aliphatic rings. The third-order valence-electron chi connectivity index (χ3n) is 4.37. The Hall–Kier alpha value is -1.51. The lowest BCUT2D eigenvalue weighted by Gasteiger charge is -2.16. The highest BCUT2D eigenvalue weighted by atomic mass is 16.1. The molecule has 0 atom stereocenters. The van der Waals surface area contributed by atoms with E-state index in [1.807, 2.05) is 6.07 Å². The Morgan fingerprint density at radius 2 is 1.47 bits per heavy atom. The molecule has 1 aromatic heterocycles. The Balaban J connectivity index is 1.85. The number of imidazole rings is 1. The maximum atomic E-state index is 11.3. The van der Waals surface area contributed by atoms with Crippen LogP contribution in [0.5, 0.6) is 0 Å². The van der Waals surface area contributed by atoms with Crippen LogP contribution in [0.25, 0.3) is 11.0 Å². The molecule has 1 saturated carbocycles. The van der Waals surface area contributed by atoms with E-state index in [9.17, 15) is 4.79 Å². The first-order chi connectivity index (χ1) is 9.33. The monoisotopic (exact) mass is 258 g/mol. The van der Waals surface area contributed by atoms with Crippen LogP contribution in [0.4, 0.5) is 0 Å². The standard InChI is InChI=1S/C16H22N2O/c19-16-17-14-10-9-13(11-15(14)18-16)12-7-5-3-1-2-4-6-8-12/h9-12H,1-8H2,(H2,17,18,19). The van der Waals surface area contributed by atoms with Crippen molar-refractivity contribution in [2.75, 3.05) is 0 Å². The van der Waals surface area contributed by atoms with E-state index in [1.54, 1.807) is 0 Å². The summed E-state index contributed by atoms with van der Waals surface area (Å²) in [5, 5.41) is 0. The fourth-order valence-corrected chi connectivity index (χ4v) is 3.27. The van der Waals surface area contributed by atoms with Gasteiger partial charge in [-0.2, -0.15) is 0 Å². The van der Waals surface area contributed by atoms with Gasteiger partial charge in [-0.05, 0) is 36.5 Å². The van der Waals surface area contributed by atoms with E-state index >= 15 is 0 Å². The van der Waals surface area contributed by atoms with Crippen molar-refractivity contribution in [1.29, 1.82) is 0 Å². The van der Waals surface area contributed by atoms with Crippen molar-refractivity contribution in [2.45, 2.75) is 57.3 Å². The lowest BCUT2D eigenvalue weighted by atomic mass is 9.89. The van der Waals surface area contributed by atoms with Crippen LogP contribution in [-0.4, -0.2) is 9.97 Å². The molecule has 1 aromatic carbocycles. The van der Waals surface area contributed by atoms with Gasteiger partial charge in [0.2, 0.25) is 0 Å². The van der Waals surface area contributed by atoms with Crippen LogP contribution in [0.1, 0.15) is 62.8 Å². The van der Waals surface area contributed by atoms with E-state index in [1.165, 1.54) is 56.9 Å². The van der Waals surface area contributed by atoms with Crippen LogP contribution in [0.3, 0.4) is 0 Å². The van der Waals surface area contributed by atoms with Crippen LogP contribution in [0.2, 0.25) is 0 Å². The van der Waals surface area contributed by atoms with Gasteiger partial charge in [0.1, 0.15) is 0 Å². The van der Waals surface area contributed by atoms with Crippen LogP contribution >= 0.6 is 0 Å². The molecule has 102 valence electrons. The van der Waals surface area contributed by atoms with Gasteiger partial charge in [-0.15, -0.1) is 0 Å². The molecule has 3 heteroatoms. The smallest absolute Gasteiger partial charge is 0.306 e. The van der Waals surface area contributed by atoms with Gasteiger partial charge in [0.05, 0.1) is 11.0 Å². The first-order valence-electron chi connectivity index (χ1n) is 7.55. The van der Waals surface area contributed by atoms with E-state index < -0.39 is 0 Å². The van der Waals surface area contributed by atoms with Gasteiger partial charge in [-0.25, -0.2) is 4.79 Å². The van der Waals surface area contributed by atoms with Gasteiger partial charge in [0.15, 0.2) is 0 Å². The van der Waals surface area contributed by atoms with Gasteiger partial charge < -0.3 is 9.97 Å². The van der Waals surface area contributed by atoms with E-state index in [4.69, 9.17) is 0 Å². The Kier molecular flexibility index (Phi) is 3.72. The number of H-pyrrole nitrogens is 2. The summed E-state index contributed by atoms with van der Waals surface area (Å²) in [4.78, 5) is 17.0. The minimum atomic E-state index is -0.110. The molecular weight excluding hydrogens is 236 g/mol. The number of fused-ring (bicyclic) bond motifs is 1. The Morgan fingerprint density at radius 3 is 2.21 bits per heavy atom. The summed E-state index contributed by atoms with van der Waals surface area (Å²) in [6.45, 7) is 0. The molecule has 19 heavy (non-hydrogen) atoms. The highest BCUT2D eigenvalue weighted by molar-refractivity contribution is 5.75. The minimum absolute atomic E-state index is 0.110. The second-order valence-electron chi connectivity index (χ2n) is 5.78. The van der Waals surface area contributed by atoms with Gasteiger partial charge in [-0.3, -0.25) is 0 Å². The fourth-order valence-electron chi connectivity index (χ4n) is 3.27. The predicted octanol–water partition coefficient (Wildman–Crippen LogP) is 4.07. The van der Waals surface area contributed by atoms with Gasteiger partial charge in [0.25, 0.3) is 0 Å². The topological polar surface area (TPSA) is 48.6 Å². The first kappa shape index (κ1) is 12.5. The summed E-state index contributed by atoms with van der Waals surface area (Å²) in [5.74, 6) is 0.668. The van der Waals surface area contributed by atoms with E-state index in [0.29, 0.717) is 5.92 Å². The molecule has 0 amide bonds. The zero-order valence-corrected chi connectivity index (χ0v) is 11.4. The summed E-state index contributed by atoms with van der Waals surface area (Å²) in [7, 11) is 0. The molecular formula is C16H22N2O. The molecule has 0 spiro atoms. The van der Waals surface area contributed by atoms with E-state index in [0.717, 1.165) is 11.0 Å². The quantitative estimate of drug-likeness (QED) is 0.795. The number of hydrogen-bond acceptors (Lipinski definition) is 1. The van der Waals surface area contributed by atoms with Gasteiger partial charge >= 0.3 is 5.69 Å². The van der Waals surface area contributed by atoms with Gasteiger partial charge in [0, 0.05) is 0 Å². The number of aromatic amines is 2. The maximum absolute atomic E-state index is 11.3. The van der Waals surface area contributed by atoms with Gasteiger partial charge in [-0.1, -0.05) is 44.6 Å². The number of benzene rings is 1. The second-order valence-corrected chi connectivity index (χ2v) is 5.78. The summed E-state index contributed by atoms with van der Waals surface area (Å²) >= 11 is 0. The maximum Gasteiger partial charge on any atom is 0.323 e. The molecule has 0 radical (unpaired) electrons. The molecule has 0 unspecified atom stereocenters. The molecule has 0 bridgehead atoms. The normalized spacial score (nSPS) is 18.9. The zero-order valence-electron chi connectivity index (χ0n) is 11.4. The molecule has 0 saturated heterocycles. The second kappa shape index (κ2) is 5.64. The van der Waals surface area contributed by atoms with E-state index in [2.05, 4.69) is 22.1 Å². The minimum Gasteiger partial charge on any atom is -0.306 e. The molecule has 1 aliphatic carbocycles. The van der Waals surface area contributed by atoms with Crippen molar-refractivity contribution in [3.8, 4) is 0 Å². The lowest BCUT2D eigenvalue weighted by Crippen LogP contribution is -1.99. The average molecular weight is 258 g/mol. The third-order valence-corrected chi connectivity index (χ3v) is 4.37. The summed E-state index contributed by atoms with van der Waals surface area (Å²) < 4.78 is 0. The molecule has 0 aliphatic heterocycles. The summed E-state index contributed by atoms with van der Waals surface area (Å²) in [6, 6.07) is 6.39. The predicted molar refractivity (Wildman–Crippen MR) is 78.6 cm³/mol.